The molecule has 0 N–H and O–H groups in total. The molecule has 0 fully saturated rings. The Bertz CT molecular complexity index is 231. The molecule has 0 heterocycles. The predicted molar refractivity (Wildman–Crippen MR) is 54.6 cm³/mol. The summed E-state index contributed by atoms with van der Waals surface area (Å²) in [6.45, 7) is 5.39. The summed E-state index contributed by atoms with van der Waals surface area (Å²) in [5.41, 5.74) is 0. The maximum absolute atomic E-state index is 9.98. The summed E-state index contributed by atoms with van der Waals surface area (Å²) in [6.07, 6.45) is 2.11. The minimum atomic E-state index is -0.187. The molecule has 4 nitrogen and oxygen atoms in total. The van der Waals surface area contributed by atoms with Crippen molar-refractivity contribution in [3.63, 3.8) is 0 Å². The van der Waals surface area contributed by atoms with E-state index in [-0.39, 0.29) is 68.6 Å². The average Bonchev–Trinajstić information content (AvgIpc) is 1.79. The van der Waals surface area contributed by atoms with Crippen molar-refractivity contribution in [3.05, 3.63) is 23.7 Å². The van der Waals surface area contributed by atoms with Gasteiger partial charge in [0.25, 0.3) is 0 Å². The summed E-state index contributed by atoms with van der Waals surface area (Å²) in [5.74, 6) is -0.750. The number of ketones is 2. The van der Waals surface area contributed by atoms with Gasteiger partial charge in [-0.3, -0.25) is 9.59 Å². The number of rotatable bonds is 2. The first-order valence-corrected chi connectivity index (χ1v) is 3.97. The summed E-state index contributed by atoms with van der Waals surface area (Å²) >= 11 is 0. The molecule has 0 unspecified atom stereocenters. The Morgan fingerprint density at radius 1 is 0.800 bits per heavy atom. The zero-order valence-corrected chi connectivity index (χ0v) is 13.0. The molecular formula is C10H14O4Sr. The maximum Gasteiger partial charge on any atom is 2.00 e. The van der Waals surface area contributed by atoms with Crippen molar-refractivity contribution in [1.29, 1.82) is 0 Å². The number of hydrogen-bond donors (Lipinski definition) is 0. The van der Waals surface area contributed by atoms with Crippen LogP contribution >= 0.6 is 0 Å². The Hall–Kier alpha value is -0.0995. The zero-order chi connectivity index (χ0) is 11.7. The van der Waals surface area contributed by atoms with E-state index in [1.165, 1.54) is 27.7 Å². The zero-order valence-electron chi connectivity index (χ0n) is 9.49. The van der Waals surface area contributed by atoms with Crippen molar-refractivity contribution in [1.82, 2.24) is 0 Å². The molecule has 0 atom stereocenters. The monoisotopic (exact) mass is 286 g/mol. The number of carbonyl (C=O) groups is 2. The van der Waals surface area contributed by atoms with Gasteiger partial charge in [0, 0.05) is 0 Å². The third-order valence-electron chi connectivity index (χ3n) is 0.813. The summed E-state index contributed by atoms with van der Waals surface area (Å²) in [6, 6.07) is 0. The minimum Gasteiger partial charge on any atom is -0.876 e. The molecular weight excluding hydrogens is 272 g/mol. The molecule has 0 aliphatic rings. The van der Waals surface area contributed by atoms with Gasteiger partial charge >= 0.3 is 45.5 Å². The van der Waals surface area contributed by atoms with Crippen molar-refractivity contribution in [2.24, 2.45) is 0 Å². The van der Waals surface area contributed by atoms with Crippen LogP contribution in [0.15, 0.2) is 23.7 Å². The molecule has 0 bridgehead atoms. The molecule has 0 aliphatic carbocycles. The van der Waals surface area contributed by atoms with Crippen LogP contribution in [-0.2, 0) is 9.59 Å². The van der Waals surface area contributed by atoms with E-state index in [0.717, 1.165) is 12.2 Å². The summed E-state index contributed by atoms with van der Waals surface area (Å²) in [4.78, 5) is 20.0. The van der Waals surface area contributed by atoms with E-state index in [1.807, 2.05) is 0 Å². The molecule has 0 aromatic rings. The second kappa shape index (κ2) is 12.0. The molecule has 15 heavy (non-hydrogen) atoms. The average molecular weight is 286 g/mol. The van der Waals surface area contributed by atoms with Gasteiger partial charge in [-0.1, -0.05) is 13.8 Å². The van der Waals surface area contributed by atoms with Crippen molar-refractivity contribution < 1.29 is 19.8 Å². The van der Waals surface area contributed by atoms with Crippen LogP contribution in [0.3, 0.4) is 0 Å². The van der Waals surface area contributed by atoms with E-state index >= 15 is 0 Å². The van der Waals surface area contributed by atoms with E-state index in [9.17, 15) is 19.8 Å². The van der Waals surface area contributed by atoms with Gasteiger partial charge in [0.15, 0.2) is 11.6 Å². The summed E-state index contributed by atoms with van der Waals surface area (Å²) < 4.78 is 0. The Morgan fingerprint density at radius 2 is 1.00 bits per heavy atom. The minimum absolute atomic E-state index is 0. The van der Waals surface area contributed by atoms with E-state index in [2.05, 4.69) is 0 Å². The Kier molecular flexibility index (Phi) is 16.2. The molecule has 5 heteroatoms. The fourth-order valence-electron chi connectivity index (χ4n) is 0.572. The van der Waals surface area contributed by atoms with E-state index in [0.29, 0.717) is 0 Å². The molecule has 0 spiro atoms. The van der Waals surface area contributed by atoms with E-state index < -0.39 is 0 Å². The van der Waals surface area contributed by atoms with Crippen LogP contribution in [0.4, 0.5) is 0 Å². The molecule has 80 valence electrons. The van der Waals surface area contributed by atoms with Gasteiger partial charge in [0.1, 0.15) is 0 Å². The number of allylic oxidation sites excluding steroid dienone is 4. The van der Waals surface area contributed by atoms with Crippen molar-refractivity contribution >= 4 is 57.0 Å². The number of carbonyl (C=O) groups excluding carboxylic acids is 2. The molecule has 0 amide bonds. The van der Waals surface area contributed by atoms with Crippen molar-refractivity contribution in [2.45, 2.75) is 27.7 Å². The first-order chi connectivity index (χ1) is 6.25. The standard InChI is InChI=1S/2C5H8O2.Sr/c2*1-4(6)3-5(2)7;/h2*3,6H,1-2H3;/q;;+2/p-2. The van der Waals surface area contributed by atoms with Crippen molar-refractivity contribution in [3.8, 4) is 0 Å². The normalized spacial score (nSPS) is 10.7. The van der Waals surface area contributed by atoms with Crippen LogP contribution in [0.5, 0.6) is 0 Å². The predicted octanol–water partition coefficient (Wildman–Crippen LogP) is -0.702. The summed E-state index contributed by atoms with van der Waals surface area (Å²) in [7, 11) is 0. The molecule has 0 aliphatic heterocycles. The van der Waals surface area contributed by atoms with Gasteiger partial charge in [0.05, 0.1) is 0 Å². The van der Waals surface area contributed by atoms with Gasteiger partial charge in [0.2, 0.25) is 0 Å². The molecule has 0 saturated carbocycles. The van der Waals surface area contributed by atoms with Crippen LogP contribution in [0, 0.1) is 0 Å². The number of hydrogen-bond acceptors (Lipinski definition) is 4. The van der Waals surface area contributed by atoms with Gasteiger partial charge in [-0.05, 0) is 26.0 Å². The van der Waals surface area contributed by atoms with Crippen LogP contribution in [0.1, 0.15) is 27.7 Å². The van der Waals surface area contributed by atoms with Crippen LogP contribution in [0.2, 0.25) is 0 Å². The molecule has 0 aromatic carbocycles. The van der Waals surface area contributed by atoms with Crippen LogP contribution < -0.4 is 10.2 Å². The Labute approximate surface area is 127 Å². The smallest absolute Gasteiger partial charge is 0.876 e. The van der Waals surface area contributed by atoms with Crippen LogP contribution in [-0.4, -0.2) is 57.0 Å². The maximum atomic E-state index is 9.98. The fraction of sp³-hybridized carbons (Fsp3) is 0.400. The van der Waals surface area contributed by atoms with Gasteiger partial charge in [-0.25, -0.2) is 0 Å². The quantitative estimate of drug-likeness (QED) is 0.382. The molecule has 0 aromatic heterocycles. The van der Waals surface area contributed by atoms with Gasteiger partial charge < -0.3 is 10.2 Å². The van der Waals surface area contributed by atoms with Crippen molar-refractivity contribution in [2.75, 3.05) is 0 Å². The largest absolute Gasteiger partial charge is 2.00 e. The first kappa shape index (κ1) is 20.3. The third kappa shape index (κ3) is 31.5. The summed E-state index contributed by atoms with van der Waals surface area (Å²) in [5, 5.41) is 20.0. The van der Waals surface area contributed by atoms with E-state index in [1.54, 1.807) is 0 Å². The first-order valence-electron chi connectivity index (χ1n) is 3.97. The topological polar surface area (TPSA) is 80.3 Å². The fourth-order valence-corrected chi connectivity index (χ4v) is 0.572. The molecule has 0 rings (SSSR count). The van der Waals surface area contributed by atoms with E-state index in [4.69, 9.17) is 0 Å². The Balaban J connectivity index is -0.000000180. The second-order valence-electron chi connectivity index (χ2n) is 2.73. The second-order valence-corrected chi connectivity index (χ2v) is 2.73. The SMILES string of the molecule is CC(=O)C=C(C)[O-].CC(=O)C=C(C)[O-].[Sr+2]. The Morgan fingerprint density at radius 3 is 1.00 bits per heavy atom. The molecule has 0 radical (unpaired) electrons. The van der Waals surface area contributed by atoms with Gasteiger partial charge in [-0.2, -0.15) is 0 Å². The van der Waals surface area contributed by atoms with Gasteiger partial charge in [-0.15, -0.1) is 11.5 Å². The molecule has 0 saturated heterocycles. The third-order valence-corrected chi connectivity index (χ3v) is 0.813. The van der Waals surface area contributed by atoms with Crippen LogP contribution in [0.25, 0.3) is 0 Å².